The van der Waals surface area contributed by atoms with E-state index in [0.717, 1.165) is 19.7 Å². The Bertz CT molecular complexity index is 138. The molecule has 0 radical (unpaired) electrons. The Hall–Kier alpha value is 0.270. The van der Waals surface area contributed by atoms with E-state index >= 15 is 0 Å². The van der Waals surface area contributed by atoms with Crippen molar-refractivity contribution in [1.82, 2.24) is 5.32 Å². The lowest BCUT2D eigenvalue weighted by molar-refractivity contribution is 0.0305. The molecule has 15 heavy (non-hydrogen) atoms. The molecule has 1 aliphatic rings. The van der Waals surface area contributed by atoms with Crippen molar-refractivity contribution in [2.45, 2.75) is 45.1 Å². The number of hydrogen-bond acceptors (Lipinski definition) is 3. The maximum Gasteiger partial charge on any atom is 0.0594 e. The highest BCUT2D eigenvalue weighted by molar-refractivity contribution is 7.99. The monoisotopic (exact) mass is 231 g/mol. The molecule has 0 unspecified atom stereocenters. The lowest BCUT2D eigenvalue weighted by Crippen LogP contribution is -2.26. The fourth-order valence-corrected chi connectivity index (χ4v) is 2.52. The molecule has 0 amide bonds. The molecule has 1 saturated carbocycles. The molecule has 1 rings (SSSR count). The smallest absolute Gasteiger partial charge is 0.0594 e. The van der Waals surface area contributed by atoms with Gasteiger partial charge in [-0.25, -0.2) is 0 Å². The first-order valence-electron chi connectivity index (χ1n) is 6.33. The lowest BCUT2D eigenvalue weighted by Gasteiger charge is -2.21. The molecule has 0 aromatic rings. The van der Waals surface area contributed by atoms with Crippen LogP contribution in [0.3, 0.4) is 0 Å². The number of rotatable bonds is 8. The molecule has 0 bridgehead atoms. The molecule has 1 aliphatic carbocycles. The van der Waals surface area contributed by atoms with Crippen molar-refractivity contribution in [3.8, 4) is 0 Å². The molecule has 0 aromatic heterocycles. The van der Waals surface area contributed by atoms with Crippen LogP contribution in [0.1, 0.15) is 39.0 Å². The summed E-state index contributed by atoms with van der Waals surface area (Å²) in [6.45, 7) is 5.23. The fourth-order valence-electron chi connectivity index (χ4n) is 1.94. The van der Waals surface area contributed by atoms with Gasteiger partial charge >= 0.3 is 0 Å². The van der Waals surface area contributed by atoms with E-state index < -0.39 is 0 Å². The van der Waals surface area contributed by atoms with Crippen molar-refractivity contribution >= 4 is 11.8 Å². The van der Waals surface area contributed by atoms with Crippen LogP contribution in [0.4, 0.5) is 0 Å². The van der Waals surface area contributed by atoms with Gasteiger partial charge in [0.15, 0.2) is 0 Å². The molecule has 0 saturated heterocycles. The van der Waals surface area contributed by atoms with Crippen LogP contribution in [0.2, 0.25) is 0 Å². The first-order valence-corrected chi connectivity index (χ1v) is 7.49. The van der Waals surface area contributed by atoms with Gasteiger partial charge in [0.25, 0.3) is 0 Å². The van der Waals surface area contributed by atoms with Gasteiger partial charge in [0.1, 0.15) is 0 Å². The molecule has 90 valence electrons. The van der Waals surface area contributed by atoms with Gasteiger partial charge in [0.05, 0.1) is 12.7 Å². The zero-order chi connectivity index (χ0) is 10.8. The Kier molecular flexibility index (Phi) is 8.44. The third kappa shape index (κ3) is 7.20. The second kappa shape index (κ2) is 9.49. The van der Waals surface area contributed by atoms with Crippen LogP contribution in [-0.2, 0) is 4.74 Å². The van der Waals surface area contributed by atoms with Crippen molar-refractivity contribution in [2.75, 3.05) is 31.2 Å². The Labute approximate surface area is 98.5 Å². The van der Waals surface area contributed by atoms with E-state index in [9.17, 15) is 0 Å². The van der Waals surface area contributed by atoms with Crippen molar-refractivity contribution in [2.24, 2.45) is 0 Å². The van der Waals surface area contributed by atoms with Gasteiger partial charge in [-0.15, -0.1) is 0 Å². The van der Waals surface area contributed by atoms with E-state index in [0.29, 0.717) is 6.10 Å². The Balaban J connectivity index is 1.79. The van der Waals surface area contributed by atoms with Gasteiger partial charge in [0, 0.05) is 18.8 Å². The van der Waals surface area contributed by atoms with Gasteiger partial charge in [-0.1, -0.05) is 26.2 Å². The van der Waals surface area contributed by atoms with E-state index in [1.165, 1.54) is 43.6 Å². The minimum absolute atomic E-state index is 0.561. The van der Waals surface area contributed by atoms with Crippen LogP contribution in [-0.4, -0.2) is 37.3 Å². The molecular formula is C12H25NOS. The second-order valence-electron chi connectivity index (χ2n) is 4.08. The third-order valence-electron chi connectivity index (χ3n) is 2.81. The van der Waals surface area contributed by atoms with Crippen LogP contribution in [0.25, 0.3) is 0 Å². The summed E-state index contributed by atoms with van der Waals surface area (Å²) in [4.78, 5) is 0. The molecule has 0 spiro atoms. The molecule has 1 N–H and O–H groups in total. The average Bonchev–Trinajstić information content (AvgIpc) is 2.29. The minimum Gasteiger partial charge on any atom is -0.377 e. The van der Waals surface area contributed by atoms with Gasteiger partial charge in [-0.2, -0.15) is 11.8 Å². The van der Waals surface area contributed by atoms with E-state index in [-0.39, 0.29) is 0 Å². The molecule has 0 aromatic carbocycles. The van der Waals surface area contributed by atoms with Crippen molar-refractivity contribution in [3.05, 3.63) is 0 Å². The van der Waals surface area contributed by atoms with Gasteiger partial charge in [-0.3, -0.25) is 0 Å². The predicted molar refractivity (Wildman–Crippen MR) is 68.7 cm³/mol. The Morgan fingerprint density at radius 2 is 2.00 bits per heavy atom. The highest BCUT2D eigenvalue weighted by Gasteiger charge is 2.12. The van der Waals surface area contributed by atoms with Gasteiger partial charge < -0.3 is 10.1 Å². The topological polar surface area (TPSA) is 21.3 Å². The van der Waals surface area contributed by atoms with Gasteiger partial charge in [-0.05, 0) is 18.6 Å². The quantitative estimate of drug-likeness (QED) is 0.649. The number of hydrogen-bond donors (Lipinski definition) is 1. The lowest BCUT2D eigenvalue weighted by atomic mass is 9.98. The zero-order valence-corrected chi connectivity index (χ0v) is 10.8. The van der Waals surface area contributed by atoms with Crippen molar-refractivity contribution < 1.29 is 4.74 Å². The van der Waals surface area contributed by atoms with E-state index in [1.807, 2.05) is 11.8 Å². The maximum atomic E-state index is 5.82. The summed E-state index contributed by atoms with van der Waals surface area (Å²) in [5.41, 5.74) is 0. The van der Waals surface area contributed by atoms with Crippen molar-refractivity contribution in [3.63, 3.8) is 0 Å². The highest BCUT2D eigenvalue weighted by atomic mass is 32.2. The number of nitrogens with one attached hydrogen (secondary N) is 1. The molecule has 0 aliphatic heterocycles. The van der Waals surface area contributed by atoms with E-state index in [1.54, 1.807) is 0 Å². The summed E-state index contributed by atoms with van der Waals surface area (Å²) in [5, 5.41) is 3.41. The van der Waals surface area contributed by atoms with Crippen molar-refractivity contribution in [1.29, 1.82) is 0 Å². The summed E-state index contributed by atoms with van der Waals surface area (Å²) in [6, 6.07) is 0. The molecule has 0 heterocycles. The van der Waals surface area contributed by atoms with Crippen LogP contribution in [0.5, 0.6) is 0 Å². The molecule has 0 atom stereocenters. The van der Waals surface area contributed by atoms with Crippen LogP contribution in [0.15, 0.2) is 0 Å². The highest BCUT2D eigenvalue weighted by Crippen LogP contribution is 2.19. The summed E-state index contributed by atoms with van der Waals surface area (Å²) in [7, 11) is 0. The molecule has 2 nitrogen and oxygen atoms in total. The molecular weight excluding hydrogens is 206 g/mol. The fraction of sp³-hybridized carbons (Fsp3) is 1.00. The largest absolute Gasteiger partial charge is 0.377 e. The SMILES string of the molecule is CCSCCNCCOC1CCCCC1. The average molecular weight is 231 g/mol. The van der Waals surface area contributed by atoms with Crippen LogP contribution < -0.4 is 5.32 Å². The Morgan fingerprint density at radius 1 is 1.20 bits per heavy atom. The first-order chi connectivity index (χ1) is 7.43. The standard InChI is InChI=1S/C12H25NOS/c1-2-15-11-9-13-8-10-14-12-6-4-3-5-7-12/h12-13H,2-11H2,1H3. The van der Waals surface area contributed by atoms with E-state index in [4.69, 9.17) is 4.74 Å². The molecule has 3 heteroatoms. The maximum absolute atomic E-state index is 5.82. The van der Waals surface area contributed by atoms with Crippen LogP contribution >= 0.6 is 11.8 Å². The van der Waals surface area contributed by atoms with Gasteiger partial charge in [0.2, 0.25) is 0 Å². The second-order valence-corrected chi connectivity index (χ2v) is 5.47. The minimum atomic E-state index is 0.561. The summed E-state index contributed by atoms with van der Waals surface area (Å²) in [6.07, 6.45) is 7.27. The molecule has 1 fully saturated rings. The number of ether oxygens (including phenoxy) is 1. The number of thioether (sulfide) groups is 1. The Morgan fingerprint density at radius 3 is 2.73 bits per heavy atom. The summed E-state index contributed by atoms with van der Waals surface area (Å²) >= 11 is 1.99. The summed E-state index contributed by atoms with van der Waals surface area (Å²) < 4.78 is 5.82. The van der Waals surface area contributed by atoms with Crippen LogP contribution in [0, 0.1) is 0 Å². The third-order valence-corrected chi connectivity index (χ3v) is 3.71. The predicted octanol–water partition coefficient (Wildman–Crippen LogP) is 2.68. The summed E-state index contributed by atoms with van der Waals surface area (Å²) in [5.74, 6) is 2.44. The zero-order valence-electron chi connectivity index (χ0n) is 9.96. The van der Waals surface area contributed by atoms with E-state index in [2.05, 4.69) is 12.2 Å². The normalized spacial score (nSPS) is 18.2. The first kappa shape index (κ1) is 13.3.